The number of amides is 1. The van der Waals surface area contributed by atoms with Gasteiger partial charge in [0.15, 0.2) is 0 Å². The molecule has 0 unspecified atom stereocenters. The lowest BCUT2D eigenvalue weighted by Crippen LogP contribution is -2.15. The van der Waals surface area contributed by atoms with Crippen LogP contribution in [0.3, 0.4) is 0 Å². The highest BCUT2D eigenvalue weighted by molar-refractivity contribution is 8.00. The van der Waals surface area contributed by atoms with Crippen molar-refractivity contribution in [1.29, 1.82) is 5.26 Å². The first-order chi connectivity index (χ1) is 16.9. The van der Waals surface area contributed by atoms with Crippen molar-refractivity contribution < 1.29 is 4.79 Å². The highest BCUT2D eigenvalue weighted by Gasteiger charge is 2.19. The van der Waals surface area contributed by atoms with Crippen LogP contribution in [0.25, 0.3) is 22.4 Å². The number of aryl methyl sites for hydroxylation is 1. The van der Waals surface area contributed by atoms with Crippen molar-refractivity contribution in [1.82, 2.24) is 4.98 Å². The number of nitrogens with zero attached hydrogens (tertiary/aromatic N) is 2. The number of hydrogen-bond donors (Lipinski definition) is 1. The number of anilines is 1. The third-order valence-corrected chi connectivity index (χ3v) is 7.21. The Kier molecular flexibility index (Phi) is 7.77. The van der Waals surface area contributed by atoms with Crippen LogP contribution in [0.5, 0.6) is 0 Å². The number of thioether (sulfide) groups is 1. The van der Waals surface area contributed by atoms with Crippen LogP contribution in [0.4, 0.5) is 5.69 Å². The molecule has 0 bridgehead atoms. The zero-order valence-electron chi connectivity index (χ0n) is 19.1. The SMILES string of the molecule is Cc1ccc(-c2cc(-c3ccccc3Cl)c(C#N)c(SCC(=O)Nc3cccc(Cl)c3C)n2)cc1. The molecule has 0 radical (unpaired) electrons. The van der Waals surface area contributed by atoms with E-state index in [9.17, 15) is 10.1 Å². The number of rotatable bonds is 6. The molecule has 0 spiro atoms. The molecule has 1 N–H and O–H groups in total. The summed E-state index contributed by atoms with van der Waals surface area (Å²) in [5, 5.41) is 14.5. The predicted molar refractivity (Wildman–Crippen MR) is 145 cm³/mol. The van der Waals surface area contributed by atoms with E-state index in [-0.39, 0.29) is 11.7 Å². The Morgan fingerprint density at radius 1 is 0.971 bits per heavy atom. The third kappa shape index (κ3) is 5.68. The molecule has 0 atom stereocenters. The number of halogens is 2. The molecule has 0 aliphatic carbocycles. The Labute approximate surface area is 218 Å². The van der Waals surface area contributed by atoms with Gasteiger partial charge in [0.05, 0.1) is 17.0 Å². The summed E-state index contributed by atoms with van der Waals surface area (Å²) in [6, 6.07) is 24.9. The van der Waals surface area contributed by atoms with Gasteiger partial charge < -0.3 is 5.32 Å². The van der Waals surface area contributed by atoms with Crippen molar-refractivity contribution in [2.24, 2.45) is 0 Å². The molecular formula is C28H21Cl2N3OS. The van der Waals surface area contributed by atoms with E-state index in [2.05, 4.69) is 11.4 Å². The Morgan fingerprint density at radius 2 is 1.69 bits per heavy atom. The molecule has 4 aromatic rings. The van der Waals surface area contributed by atoms with E-state index in [1.54, 1.807) is 24.3 Å². The summed E-state index contributed by atoms with van der Waals surface area (Å²) in [6.07, 6.45) is 0. The normalized spacial score (nSPS) is 10.6. The molecule has 0 aliphatic heterocycles. The molecule has 35 heavy (non-hydrogen) atoms. The predicted octanol–water partition coefficient (Wildman–Crippen LogP) is 7.94. The number of aromatic nitrogens is 1. The van der Waals surface area contributed by atoms with E-state index in [1.807, 2.05) is 62.4 Å². The van der Waals surface area contributed by atoms with Gasteiger partial charge in [0.25, 0.3) is 0 Å². The number of nitrogens with one attached hydrogen (secondary N) is 1. The van der Waals surface area contributed by atoms with Crippen LogP contribution in [-0.4, -0.2) is 16.6 Å². The maximum Gasteiger partial charge on any atom is 0.234 e. The first kappa shape index (κ1) is 24.8. The van der Waals surface area contributed by atoms with Crippen LogP contribution >= 0.6 is 35.0 Å². The van der Waals surface area contributed by atoms with Crippen molar-refractivity contribution in [3.63, 3.8) is 0 Å². The zero-order chi connectivity index (χ0) is 24.9. The lowest BCUT2D eigenvalue weighted by atomic mass is 9.99. The van der Waals surface area contributed by atoms with Crippen LogP contribution < -0.4 is 5.32 Å². The molecule has 1 amide bonds. The van der Waals surface area contributed by atoms with E-state index in [0.29, 0.717) is 37.6 Å². The van der Waals surface area contributed by atoms with Gasteiger partial charge >= 0.3 is 0 Å². The number of benzene rings is 3. The van der Waals surface area contributed by atoms with Crippen LogP contribution in [0.2, 0.25) is 10.0 Å². The van der Waals surface area contributed by atoms with Crippen LogP contribution in [0.1, 0.15) is 16.7 Å². The van der Waals surface area contributed by atoms with E-state index >= 15 is 0 Å². The Balaban J connectivity index is 1.71. The highest BCUT2D eigenvalue weighted by atomic mass is 35.5. The zero-order valence-corrected chi connectivity index (χ0v) is 21.4. The molecule has 4 rings (SSSR count). The van der Waals surface area contributed by atoms with Crippen molar-refractivity contribution in [3.8, 4) is 28.5 Å². The summed E-state index contributed by atoms with van der Waals surface area (Å²) >= 11 is 13.9. The summed E-state index contributed by atoms with van der Waals surface area (Å²) in [5.41, 5.74) is 6.00. The molecule has 0 saturated carbocycles. The minimum Gasteiger partial charge on any atom is -0.325 e. The second-order valence-electron chi connectivity index (χ2n) is 7.94. The number of carbonyl (C=O) groups excluding carboxylic acids is 1. The van der Waals surface area contributed by atoms with Gasteiger partial charge in [0.2, 0.25) is 5.91 Å². The van der Waals surface area contributed by atoms with Gasteiger partial charge in [-0.1, -0.05) is 89.1 Å². The smallest absolute Gasteiger partial charge is 0.234 e. The minimum atomic E-state index is -0.217. The van der Waals surface area contributed by atoms with Crippen LogP contribution in [0, 0.1) is 25.2 Å². The Bertz CT molecular complexity index is 1450. The van der Waals surface area contributed by atoms with Crippen molar-refractivity contribution >= 4 is 46.6 Å². The highest BCUT2D eigenvalue weighted by Crippen LogP contribution is 2.37. The maximum atomic E-state index is 12.7. The van der Waals surface area contributed by atoms with Gasteiger partial charge in [-0.05, 0) is 43.7 Å². The average Bonchev–Trinajstić information content (AvgIpc) is 2.86. The number of pyridine rings is 1. The summed E-state index contributed by atoms with van der Waals surface area (Å²) in [6.45, 7) is 3.87. The Hall–Kier alpha value is -3.30. The molecule has 1 heterocycles. The molecule has 7 heteroatoms. The lowest BCUT2D eigenvalue weighted by molar-refractivity contribution is -0.113. The van der Waals surface area contributed by atoms with E-state index in [4.69, 9.17) is 28.2 Å². The molecule has 0 aliphatic rings. The summed E-state index contributed by atoms with van der Waals surface area (Å²) < 4.78 is 0. The molecular weight excluding hydrogens is 497 g/mol. The van der Waals surface area contributed by atoms with Crippen molar-refractivity contribution in [3.05, 3.63) is 99.5 Å². The van der Waals surface area contributed by atoms with E-state index in [0.717, 1.165) is 22.3 Å². The second-order valence-corrected chi connectivity index (χ2v) is 9.72. The number of hydrogen-bond acceptors (Lipinski definition) is 4. The molecule has 1 aromatic heterocycles. The fourth-order valence-corrected chi connectivity index (χ4v) is 4.78. The monoisotopic (exact) mass is 517 g/mol. The van der Waals surface area contributed by atoms with Gasteiger partial charge in [-0.25, -0.2) is 4.98 Å². The van der Waals surface area contributed by atoms with Gasteiger partial charge in [0, 0.05) is 32.4 Å². The quantitative estimate of drug-likeness (QED) is 0.263. The molecule has 0 fully saturated rings. The van der Waals surface area contributed by atoms with Gasteiger partial charge in [-0.2, -0.15) is 5.26 Å². The first-order valence-corrected chi connectivity index (χ1v) is 12.6. The van der Waals surface area contributed by atoms with E-state index in [1.165, 1.54) is 11.8 Å². The summed E-state index contributed by atoms with van der Waals surface area (Å²) in [5.74, 6) is -0.140. The van der Waals surface area contributed by atoms with Crippen molar-refractivity contribution in [2.45, 2.75) is 18.9 Å². The summed E-state index contributed by atoms with van der Waals surface area (Å²) in [7, 11) is 0. The molecule has 0 saturated heterocycles. The number of carbonyl (C=O) groups is 1. The van der Waals surface area contributed by atoms with Crippen LogP contribution in [-0.2, 0) is 4.79 Å². The largest absolute Gasteiger partial charge is 0.325 e. The summed E-state index contributed by atoms with van der Waals surface area (Å²) in [4.78, 5) is 17.5. The van der Waals surface area contributed by atoms with E-state index < -0.39 is 0 Å². The fourth-order valence-electron chi connectivity index (χ4n) is 3.56. The average molecular weight is 518 g/mol. The van der Waals surface area contributed by atoms with Crippen LogP contribution in [0.15, 0.2) is 77.8 Å². The third-order valence-electron chi connectivity index (χ3n) is 5.49. The topological polar surface area (TPSA) is 65.8 Å². The second kappa shape index (κ2) is 11.0. The van der Waals surface area contributed by atoms with Gasteiger partial charge in [-0.15, -0.1) is 0 Å². The number of nitriles is 1. The first-order valence-electron chi connectivity index (χ1n) is 10.8. The van der Waals surface area contributed by atoms with Gasteiger partial charge in [-0.3, -0.25) is 4.79 Å². The Morgan fingerprint density at radius 3 is 2.40 bits per heavy atom. The molecule has 3 aromatic carbocycles. The molecule has 4 nitrogen and oxygen atoms in total. The van der Waals surface area contributed by atoms with Gasteiger partial charge in [0.1, 0.15) is 11.1 Å². The van der Waals surface area contributed by atoms with Crippen molar-refractivity contribution in [2.75, 3.05) is 11.1 Å². The lowest BCUT2D eigenvalue weighted by Gasteiger charge is -2.14. The molecule has 174 valence electrons. The fraction of sp³-hybridized carbons (Fsp3) is 0.107. The maximum absolute atomic E-state index is 12.7. The standard InChI is InChI=1S/C28H21Cl2N3OS/c1-17-10-12-19(13-11-17)26-14-21(20-6-3-4-7-24(20)30)22(15-31)28(33-26)35-16-27(34)32-25-9-5-8-23(29)18(25)2/h3-14H,16H2,1-2H3,(H,32,34). The minimum absolute atomic E-state index is 0.0763.